The van der Waals surface area contributed by atoms with E-state index in [0.717, 1.165) is 38.4 Å². The molecule has 0 aromatic heterocycles. The maximum atomic E-state index is 12.6. The molecule has 1 atom stereocenters. The monoisotopic (exact) mass is 268 g/mol. The van der Waals surface area contributed by atoms with E-state index in [-0.39, 0.29) is 4.75 Å². The van der Waals surface area contributed by atoms with Crippen molar-refractivity contribution in [3.05, 3.63) is 0 Å². The van der Waals surface area contributed by atoms with E-state index in [9.17, 15) is 4.79 Å². The van der Waals surface area contributed by atoms with Crippen LogP contribution in [-0.4, -0.2) is 47.5 Å². The molecule has 0 bridgehead atoms. The second-order valence-corrected chi connectivity index (χ2v) is 8.54. The van der Waals surface area contributed by atoms with Gasteiger partial charge in [0.2, 0.25) is 5.91 Å². The van der Waals surface area contributed by atoms with Gasteiger partial charge < -0.3 is 10.2 Å². The SMILES string of the molecule is CC1(C)CN(C(=O)C2CC23CCNCC3)CCS1. The number of carbonyl (C=O) groups is 1. The molecule has 3 rings (SSSR count). The third-order valence-corrected chi connectivity index (χ3v) is 6.12. The normalized spacial score (nSPS) is 33.4. The Morgan fingerprint density at radius 2 is 2.06 bits per heavy atom. The molecular formula is C14H24N2OS. The summed E-state index contributed by atoms with van der Waals surface area (Å²) in [6.07, 6.45) is 3.56. The summed E-state index contributed by atoms with van der Waals surface area (Å²) in [4.78, 5) is 14.8. The average molecular weight is 268 g/mol. The molecule has 1 spiro atoms. The van der Waals surface area contributed by atoms with E-state index in [1.807, 2.05) is 11.8 Å². The van der Waals surface area contributed by atoms with Crippen LogP contribution in [0.5, 0.6) is 0 Å². The van der Waals surface area contributed by atoms with Crippen molar-refractivity contribution in [1.82, 2.24) is 10.2 Å². The minimum absolute atomic E-state index is 0.240. The highest BCUT2D eigenvalue weighted by Gasteiger charge is 2.58. The van der Waals surface area contributed by atoms with Crippen LogP contribution in [0.25, 0.3) is 0 Å². The molecule has 3 aliphatic rings. The standard InChI is InChI=1S/C14H24N2OS/c1-13(2)10-16(7-8-18-13)12(17)11-9-14(11)3-5-15-6-4-14/h11,15H,3-10H2,1-2H3. The van der Waals surface area contributed by atoms with Gasteiger partial charge in [-0.05, 0) is 51.6 Å². The van der Waals surface area contributed by atoms with Crippen molar-refractivity contribution >= 4 is 17.7 Å². The molecule has 2 saturated heterocycles. The number of piperidine rings is 1. The Bertz CT molecular complexity index is 350. The lowest BCUT2D eigenvalue weighted by Crippen LogP contribution is -2.47. The molecular weight excluding hydrogens is 244 g/mol. The Balaban J connectivity index is 1.62. The first-order valence-corrected chi connectivity index (χ1v) is 8.15. The highest BCUT2D eigenvalue weighted by atomic mass is 32.2. The van der Waals surface area contributed by atoms with Crippen LogP contribution >= 0.6 is 11.8 Å². The zero-order valence-electron chi connectivity index (χ0n) is 11.5. The van der Waals surface area contributed by atoms with Crippen LogP contribution in [0.4, 0.5) is 0 Å². The largest absolute Gasteiger partial charge is 0.340 e. The van der Waals surface area contributed by atoms with Crippen LogP contribution in [0.15, 0.2) is 0 Å². The van der Waals surface area contributed by atoms with Crippen LogP contribution in [0.2, 0.25) is 0 Å². The summed E-state index contributed by atoms with van der Waals surface area (Å²) in [5.41, 5.74) is 0.386. The van der Waals surface area contributed by atoms with Gasteiger partial charge in [-0.1, -0.05) is 0 Å². The Kier molecular flexibility index (Phi) is 3.14. The molecule has 1 saturated carbocycles. The van der Waals surface area contributed by atoms with Gasteiger partial charge >= 0.3 is 0 Å². The van der Waals surface area contributed by atoms with Gasteiger partial charge in [0.05, 0.1) is 0 Å². The molecule has 0 aromatic carbocycles. The quantitative estimate of drug-likeness (QED) is 0.786. The van der Waals surface area contributed by atoms with Crippen molar-refractivity contribution in [3.8, 4) is 0 Å². The van der Waals surface area contributed by atoms with Crippen LogP contribution in [-0.2, 0) is 4.79 Å². The Morgan fingerprint density at radius 1 is 1.33 bits per heavy atom. The first-order valence-electron chi connectivity index (χ1n) is 7.16. The molecule has 18 heavy (non-hydrogen) atoms. The Labute approximate surface area is 114 Å². The predicted octanol–water partition coefficient (Wildman–Crippen LogP) is 1.73. The van der Waals surface area contributed by atoms with Crippen molar-refractivity contribution in [2.45, 2.75) is 37.9 Å². The first kappa shape index (κ1) is 12.8. The summed E-state index contributed by atoms with van der Waals surface area (Å²) in [6.45, 7) is 8.60. The van der Waals surface area contributed by atoms with E-state index in [1.54, 1.807) is 0 Å². The summed E-state index contributed by atoms with van der Waals surface area (Å²) < 4.78 is 0.240. The summed E-state index contributed by atoms with van der Waals surface area (Å²) in [5.74, 6) is 1.89. The van der Waals surface area contributed by atoms with Gasteiger partial charge in [0.1, 0.15) is 0 Å². The van der Waals surface area contributed by atoms with Crippen molar-refractivity contribution in [2.24, 2.45) is 11.3 Å². The first-order chi connectivity index (χ1) is 8.53. The molecule has 2 heterocycles. The predicted molar refractivity (Wildman–Crippen MR) is 75.8 cm³/mol. The Hall–Kier alpha value is -0.220. The molecule has 0 aromatic rings. The molecule has 2 aliphatic heterocycles. The molecule has 1 aliphatic carbocycles. The number of nitrogens with zero attached hydrogens (tertiary/aromatic N) is 1. The van der Waals surface area contributed by atoms with Crippen LogP contribution < -0.4 is 5.32 Å². The number of amides is 1. The molecule has 4 heteroatoms. The summed E-state index contributed by atoms with van der Waals surface area (Å²) in [7, 11) is 0. The number of rotatable bonds is 1. The third-order valence-electron chi connectivity index (χ3n) is 4.82. The molecule has 1 N–H and O–H groups in total. The van der Waals surface area contributed by atoms with Gasteiger partial charge in [-0.15, -0.1) is 0 Å². The fourth-order valence-corrected chi connectivity index (χ4v) is 4.71. The van der Waals surface area contributed by atoms with Crippen molar-refractivity contribution in [3.63, 3.8) is 0 Å². The molecule has 0 radical (unpaired) electrons. The smallest absolute Gasteiger partial charge is 0.226 e. The summed E-state index contributed by atoms with van der Waals surface area (Å²) in [5, 5.41) is 3.40. The summed E-state index contributed by atoms with van der Waals surface area (Å²) in [6, 6.07) is 0. The maximum Gasteiger partial charge on any atom is 0.226 e. The molecule has 3 fully saturated rings. The highest BCUT2D eigenvalue weighted by molar-refractivity contribution is 8.00. The number of carbonyl (C=O) groups excluding carboxylic acids is 1. The van der Waals surface area contributed by atoms with Crippen LogP contribution in [0.1, 0.15) is 33.1 Å². The maximum absolute atomic E-state index is 12.6. The second kappa shape index (κ2) is 4.41. The average Bonchev–Trinajstić information content (AvgIpc) is 3.01. The van der Waals surface area contributed by atoms with Crippen LogP contribution in [0.3, 0.4) is 0 Å². The van der Waals surface area contributed by atoms with E-state index in [1.165, 1.54) is 12.8 Å². The summed E-state index contributed by atoms with van der Waals surface area (Å²) >= 11 is 2.00. The minimum Gasteiger partial charge on any atom is -0.340 e. The zero-order chi connectivity index (χ0) is 12.8. The van der Waals surface area contributed by atoms with E-state index in [0.29, 0.717) is 17.2 Å². The zero-order valence-corrected chi connectivity index (χ0v) is 12.3. The molecule has 1 unspecified atom stereocenters. The topological polar surface area (TPSA) is 32.3 Å². The van der Waals surface area contributed by atoms with Crippen molar-refractivity contribution < 1.29 is 4.79 Å². The number of hydrogen-bond acceptors (Lipinski definition) is 3. The minimum atomic E-state index is 0.240. The van der Waals surface area contributed by atoms with Gasteiger partial charge in [0, 0.05) is 29.5 Å². The molecule has 3 nitrogen and oxygen atoms in total. The van der Waals surface area contributed by atoms with E-state index in [2.05, 4.69) is 24.1 Å². The lowest BCUT2D eigenvalue weighted by molar-refractivity contribution is -0.133. The van der Waals surface area contributed by atoms with Gasteiger partial charge in [-0.2, -0.15) is 11.8 Å². The van der Waals surface area contributed by atoms with Crippen LogP contribution in [0, 0.1) is 11.3 Å². The Morgan fingerprint density at radius 3 is 2.72 bits per heavy atom. The lowest BCUT2D eigenvalue weighted by atomic mass is 9.91. The van der Waals surface area contributed by atoms with Gasteiger partial charge in [0.25, 0.3) is 0 Å². The fraction of sp³-hybridized carbons (Fsp3) is 0.929. The van der Waals surface area contributed by atoms with E-state index >= 15 is 0 Å². The highest BCUT2D eigenvalue weighted by Crippen LogP contribution is 2.59. The lowest BCUT2D eigenvalue weighted by Gasteiger charge is -2.38. The number of hydrogen-bond donors (Lipinski definition) is 1. The third kappa shape index (κ3) is 2.29. The van der Waals surface area contributed by atoms with Gasteiger partial charge in [0.15, 0.2) is 0 Å². The van der Waals surface area contributed by atoms with Gasteiger partial charge in [-0.25, -0.2) is 0 Å². The van der Waals surface area contributed by atoms with E-state index in [4.69, 9.17) is 0 Å². The van der Waals surface area contributed by atoms with Crippen molar-refractivity contribution in [1.29, 1.82) is 0 Å². The molecule has 1 amide bonds. The molecule has 102 valence electrons. The fourth-order valence-electron chi connectivity index (χ4n) is 3.60. The van der Waals surface area contributed by atoms with E-state index < -0.39 is 0 Å². The second-order valence-electron chi connectivity index (χ2n) is 6.74. The number of thioether (sulfide) groups is 1. The number of nitrogens with one attached hydrogen (secondary N) is 1. The van der Waals surface area contributed by atoms with Gasteiger partial charge in [-0.3, -0.25) is 4.79 Å². The van der Waals surface area contributed by atoms with Crippen molar-refractivity contribution in [2.75, 3.05) is 31.9 Å².